The Labute approximate surface area is 58.6 Å². The third-order valence-corrected chi connectivity index (χ3v) is 1.01. The molecule has 0 radical (unpaired) electrons. The first-order valence-corrected chi connectivity index (χ1v) is 2.93. The molecule has 0 bridgehead atoms. The number of hydrogen-bond donors (Lipinski definition) is 1. The highest BCUT2D eigenvalue weighted by Gasteiger charge is 1.98. The molecule has 0 atom stereocenters. The van der Waals surface area contributed by atoms with Gasteiger partial charge >= 0.3 is 5.97 Å². The molecule has 0 unspecified atom stereocenters. The number of nitroso groups, excluding NO2 is 1. The zero-order chi connectivity index (χ0) is 7.98. The second-order valence-electron chi connectivity index (χ2n) is 1.96. The van der Waals surface area contributed by atoms with Crippen molar-refractivity contribution in [3.8, 4) is 0 Å². The molecular formula is C5H10N2O3. The summed E-state index contributed by atoms with van der Waals surface area (Å²) in [5.41, 5.74) is 0. The highest BCUT2D eigenvalue weighted by atomic mass is 16.5. The normalized spacial score (nSPS) is 8.90. The van der Waals surface area contributed by atoms with Gasteiger partial charge in [-0.15, -0.1) is 4.91 Å². The van der Waals surface area contributed by atoms with Crippen LogP contribution in [0.15, 0.2) is 5.29 Å². The van der Waals surface area contributed by atoms with Crippen LogP contribution in [0.3, 0.4) is 0 Å². The molecule has 0 spiro atoms. The van der Waals surface area contributed by atoms with Crippen molar-refractivity contribution in [2.24, 2.45) is 5.29 Å². The monoisotopic (exact) mass is 149 g/mol. The summed E-state index contributed by atoms with van der Waals surface area (Å²) in [7, 11) is 1.51. The molecule has 0 saturated heterocycles. The maximum atomic E-state index is 9.94. The van der Waals surface area contributed by atoms with E-state index in [1.165, 1.54) is 12.1 Å². The van der Waals surface area contributed by atoms with Gasteiger partial charge in [-0.05, 0) is 6.42 Å². The first-order valence-electron chi connectivity index (χ1n) is 2.93. The minimum Gasteiger partial charge on any atom is -0.481 e. The Morgan fingerprint density at radius 2 is 2.30 bits per heavy atom. The fourth-order valence-corrected chi connectivity index (χ4v) is 0.500. The van der Waals surface area contributed by atoms with E-state index in [0.29, 0.717) is 13.0 Å². The summed E-state index contributed by atoms with van der Waals surface area (Å²) < 4.78 is 0. The highest BCUT2D eigenvalue weighted by Crippen LogP contribution is 1.91. The number of aliphatic carboxylic acids is 1. The van der Waals surface area contributed by atoms with E-state index in [-0.39, 0.29) is 6.42 Å². The third kappa shape index (κ3) is 5.02. The van der Waals surface area contributed by atoms with Gasteiger partial charge in [0.05, 0.1) is 5.29 Å². The molecule has 10 heavy (non-hydrogen) atoms. The van der Waals surface area contributed by atoms with Crippen LogP contribution in [0.1, 0.15) is 12.8 Å². The predicted octanol–water partition coefficient (Wildman–Crippen LogP) is 0.464. The lowest BCUT2D eigenvalue weighted by molar-refractivity contribution is -0.137. The van der Waals surface area contributed by atoms with E-state index in [4.69, 9.17) is 5.11 Å². The van der Waals surface area contributed by atoms with Crippen LogP contribution in [-0.4, -0.2) is 29.7 Å². The molecule has 1 N–H and O–H groups in total. The van der Waals surface area contributed by atoms with Crippen LogP contribution in [0.2, 0.25) is 0 Å². The van der Waals surface area contributed by atoms with Crippen LogP contribution in [0.25, 0.3) is 0 Å². The fraction of sp³-hybridized carbons (Fsp3) is 0.800. The molecule has 0 aromatic carbocycles. The lowest BCUT2D eigenvalue weighted by Gasteiger charge is -2.05. The van der Waals surface area contributed by atoms with E-state index in [1.807, 2.05) is 0 Å². The second-order valence-corrected chi connectivity index (χ2v) is 1.96. The summed E-state index contributed by atoms with van der Waals surface area (Å²) in [6.07, 6.45) is 0.539. The number of hydrogen-bond acceptors (Lipinski definition) is 3. The van der Waals surface area contributed by atoms with Gasteiger partial charge in [0, 0.05) is 20.0 Å². The van der Waals surface area contributed by atoms with Crippen molar-refractivity contribution < 1.29 is 9.90 Å². The van der Waals surface area contributed by atoms with Crippen LogP contribution in [0.4, 0.5) is 0 Å². The van der Waals surface area contributed by atoms with Crippen molar-refractivity contribution in [2.45, 2.75) is 12.8 Å². The minimum absolute atomic E-state index is 0.0832. The quantitative estimate of drug-likeness (QED) is 0.350. The van der Waals surface area contributed by atoms with Crippen LogP contribution >= 0.6 is 0 Å². The van der Waals surface area contributed by atoms with E-state index >= 15 is 0 Å². The Balaban J connectivity index is 3.19. The van der Waals surface area contributed by atoms with Gasteiger partial charge in [-0.3, -0.25) is 9.80 Å². The summed E-state index contributed by atoms with van der Waals surface area (Å²) in [6.45, 7) is 0.399. The fourth-order valence-electron chi connectivity index (χ4n) is 0.500. The zero-order valence-electron chi connectivity index (χ0n) is 5.78. The van der Waals surface area contributed by atoms with Crippen molar-refractivity contribution in [3.05, 3.63) is 4.91 Å². The number of rotatable bonds is 5. The number of nitrogens with zero attached hydrogens (tertiary/aromatic N) is 2. The van der Waals surface area contributed by atoms with E-state index in [0.717, 1.165) is 0 Å². The van der Waals surface area contributed by atoms with Gasteiger partial charge in [0.1, 0.15) is 0 Å². The summed E-state index contributed by atoms with van der Waals surface area (Å²) in [5.74, 6) is -0.848. The molecule has 0 heterocycles. The number of carboxylic acid groups (broad SMARTS) is 1. The van der Waals surface area contributed by atoms with E-state index < -0.39 is 5.97 Å². The maximum absolute atomic E-state index is 9.94. The first-order chi connectivity index (χ1) is 4.66. The smallest absolute Gasteiger partial charge is 0.303 e. The first kappa shape index (κ1) is 8.87. The average Bonchev–Trinajstić information content (AvgIpc) is 1.87. The molecule has 5 heteroatoms. The van der Waals surface area contributed by atoms with Crippen molar-refractivity contribution in [1.29, 1.82) is 0 Å². The molecule has 0 aliphatic carbocycles. The van der Waals surface area contributed by atoms with Gasteiger partial charge in [-0.1, -0.05) is 0 Å². The summed E-state index contributed by atoms with van der Waals surface area (Å²) >= 11 is 0. The standard InChI is InChI=1S/C5H10N2O3/c1-7(6-10)4-2-3-5(8)9/h2-4H2,1H3,(H,8,9)/i1+1,4+1,5+1. The predicted molar refractivity (Wildman–Crippen MR) is 35.3 cm³/mol. The Morgan fingerprint density at radius 1 is 1.70 bits per heavy atom. The molecular weight excluding hydrogens is 139 g/mol. The molecule has 5 nitrogen and oxygen atoms in total. The molecule has 0 rings (SSSR count). The third-order valence-electron chi connectivity index (χ3n) is 1.01. The van der Waals surface area contributed by atoms with E-state index in [2.05, 4.69) is 5.29 Å². The summed E-state index contributed by atoms with van der Waals surface area (Å²) in [5, 5.41) is 11.9. The summed E-state index contributed by atoms with van der Waals surface area (Å²) in [6, 6.07) is 0. The molecule has 0 aromatic heterocycles. The van der Waals surface area contributed by atoms with Crippen LogP contribution < -0.4 is 0 Å². The van der Waals surface area contributed by atoms with Crippen molar-refractivity contribution >= 4 is 5.97 Å². The van der Waals surface area contributed by atoms with E-state index in [1.54, 1.807) is 0 Å². The summed E-state index contributed by atoms with van der Waals surface area (Å²) in [4.78, 5) is 19.7. The molecule has 0 amide bonds. The Morgan fingerprint density at radius 3 is 2.70 bits per heavy atom. The van der Waals surface area contributed by atoms with Crippen molar-refractivity contribution in [3.63, 3.8) is 0 Å². The Bertz CT molecular complexity index is 126. The van der Waals surface area contributed by atoms with Gasteiger partial charge in [0.2, 0.25) is 0 Å². The van der Waals surface area contributed by atoms with Gasteiger partial charge in [0.25, 0.3) is 0 Å². The molecule has 0 aliphatic rings. The van der Waals surface area contributed by atoms with Crippen molar-refractivity contribution in [2.75, 3.05) is 13.6 Å². The molecule has 0 aromatic rings. The molecule has 0 aliphatic heterocycles. The van der Waals surface area contributed by atoms with Gasteiger partial charge in [-0.25, -0.2) is 0 Å². The average molecular weight is 149 g/mol. The van der Waals surface area contributed by atoms with Gasteiger partial charge < -0.3 is 5.11 Å². The maximum Gasteiger partial charge on any atom is 0.303 e. The topological polar surface area (TPSA) is 70.0 Å². The Hall–Kier alpha value is -1.13. The minimum atomic E-state index is -0.848. The lowest BCUT2D eigenvalue weighted by atomic mass is 10.5. The number of carboxylic acids is 1. The Kier molecular flexibility index (Phi) is 4.19. The zero-order valence-corrected chi connectivity index (χ0v) is 5.78. The second kappa shape index (κ2) is 4.72. The molecule has 58 valence electrons. The molecule has 0 saturated carbocycles. The SMILES string of the molecule is [13CH3]N([13CH2]CC[13C](=O)O)N=O. The van der Waals surface area contributed by atoms with Crippen molar-refractivity contribution in [1.82, 2.24) is 5.01 Å². The highest BCUT2D eigenvalue weighted by molar-refractivity contribution is 5.66. The number of carbonyl (C=O) groups is 1. The lowest BCUT2D eigenvalue weighted by Crippen LogP contribution is -2.12. The molecule has 0 fully saturated rings. The van der Waals surface area contributed by atoms with E-state index in [9.17, 15) is 9.70 Å². The van der Waals surface area contributed by atoms with Crippen LogP contribution in [0, 0.1) is 4.91 Å². The van der Waals surface area contributed by atoms with Gasteiger partial charge in [0.15, 0.2) is 0 Å². The van der Waals surface area contributed by atoms with Gasteiger partial charge in [-0.2, -0.15) is 0 Å². The van der Waals surface area contributed by atoms with Crippen LogP contribution in [0.5, 0.6) is 0 Å². The van der Waals surface area contributed by atoms with Crippen LogP contribution in [-0.2, 0) is 4.79 Å². The largest absolute Gasteiger partial charge is 0.481 e.